The van der Waals surface area contributed by atoms with Crippen molar-refractivity contribution >= 4 is 11.8 Å². The van der Waals surface area contributed by atoms with Gasteiger partial charge in [0.15, 0.2) is 0 Å². The molecule has 1 fully saturated rings. The third-order valence-corrected chi connectivity index (χ3v) is 4.97. The van der Waals surface area contributed by atoms with Crippen molar-refractivity contribution < 1.29 is 4.39 Å². The van der Waals surface area contributed by atoms with Crippen molar-refractivity contribution in [1.29, 1.82) is 0 Å². The number of hydrogen-bond donors (Lipinski definition) is 1. The molecule has 18 heavy (non-hydrogen) atoms. The first-order valence-electron chi connectivity index (χ1n) is 6.90. The highest BCUT2D eigenvalue weighted by Crippen LogP contribution is 2.38. The minimum absolute atomic E-state index is 0.0774. The van der Waals surface area contributed by atoms with Gasteiger partial charge in [0.1, 0.15) is 5.82 Å². The van der Waals surface area contributed by atoms with Crippen LogP contribution >= 0.6 is 11.8 Å². The molecule has 0 aliphatic heterocycles. The first-order valence-corrected chi connectivity index (χ1v) is 7.78. The lowest BCUT2D eigenvalue weighted by Gasteiger charge is -2.19. The van der Waals surface area contributed by atoms with Crippen LogP contribution in [0, 0.1) is 5.82 Å². The van der Waals surface area contributed by atoms with E-state index in [0.29, 0.717) is 5.25 Å². The number of thioether (sulfide) groups is 1. The molecule has 0 spiro atoms. The van der Waals surface area contributed by atoms with E-state index in [1.165, 1.54) is 25.7 Å². The highest BCUT2D eigenvalue weighted by atomic mass is 32.2. The molecule has 100 valence electrons. The van der Waals surface area contributed by atoms with E-state index in [1.54, 1.807) is 6.07 Å². The lowest BCUT2D eigenvalue weighted by molar-refractivity contribution is 0.531. The summed E-state index contributed by atoms with van der Waals surface area (Å²) in [5.41, 5.74) is 0.844. The molecule has 3 heteroatoms. The third kappa shape index (κ3) is 3.27. The molecule has 1 aliphatic rings. The van der Waals surface area contributed by atoms with Gasteiger partial charge in [0, 0.05) is 21.8 Å². The van der Waals surface area contributed by atoms with Crippen molar-refractivity contribution in [2.75, 3.05) is 6.54 Å². The zero-order valence-electron chi connectivity index (χ0n) is 11.2. The fraction of sp³-hybridized carbons (Fsp3) is 0.600. The van der Waals surface area contributed by atoms with Gasteiger partial charge in [-0.2, -0.15) is 0 Å². The van der Waals surface area contributed by atoms with Gasteiger partial charge < -0.3 is 5.32 Å². The van der Waals surface area contributed by atoms with Crippen molar-refractivity contribution in [2.45, 2.75) is 55.7 Å². The minimum Gasteiger partial charge on any atom is -0.310 e. The van der Waals surface area contributed by atoms with Crippen molar-refractivity contribution in [1.82, 2.24) is 5.32 Å². The van der Waals surface area contributed by atoms with Gasteiger partial charge in [-0.1, -0.05) is 25.8 Å². The molecule has 1 nitrogen and oxygen atoms in total. The van der Waals surface area contributed by atoms with Crippen molar-refractivity contribution in [3.05, 3.63) is 29.6 Å². The summed E-state index contributed by atoms with van der Waals surface area (Å²) in [7, 11) is 0. The van der Waals surface area contributed by atoms with E-state index in [9.17, 15) is 4.39 Å². The molecular weight excluding hydrogens is 245 g/mol. The SMILES string of the molecule is CCNC(C)c1c(F)cccc1SC1CCCC1. The van der Waals surface area contributed by atoms with Crippen LogP contribution in [0.3, 0.4) is 0 Å². The van der Waals surface area contributed by atoms with Crippen LogP contribution in [0.5, 0.6) is 0 Å². The fourth-order valence-corrected chi connectivity index (χ4v) is 4.12. The predicted molar refractivity (Wildman–Crippen MR) is 76.6 cm³/mol. The standard InChI is InChI=1S/C15H22FNS/c1-3-17-11(2)15-13(16)9-6-10-14(15)18-12-7-4-5-8-12/h6,9-12,17H,3-5,7-8H2,1-2H3. The Balaban J connectivity index is 2.19. The molecule has 0 bridgehead atoms. The Morgan fingerprint density at radius 2 is 2.11 bits per heavy atom. The van der Waals surface area contributed by atoms with Gasteiger partial charge in [-0.3, -0.25) is 0 Å². The van der Waals surface area contributed by atoms with Gasteiger partial charge in [-0.25, -0.2) is 4.39 Å². The Bertz CT molecular complexity index is 388. The molecule has 0 aromatic heterocycles. The molecule has 0 heterocycles. The zero-order valence-corrected chi connectivity index (χ0v) is 12.0. The smallest absolute Gasteiger partial charge is 0.129 e. The van der Waals surface area contributed by atoms with Crippen LogP contribution in [0.4, 0.5) is 4.39 Å². The highest BCUT2D eigenvalue weighted by molar-refractivity contribution is 8.00. The maximum atomic E-state index is 14.0. The second-order valence-electron chi connectivity index (χ2n) is 4.96. The van der Waals surface area contributed by atoms with E-state index in [4.69, 9.17) is 0 Å². The number of nitrogens with one attached hydrogen (secondary N) is 1. The Hall–Kier alpha value is -0.540. The lowest BCUT2D eigenvalue weighted by Crippen LogP contribution is -2.19. The molecule has 0 radical (unpaired) electrons. The quantitative estimate of drug-likeness (QED) is 0.841. The zero-order chi connectivity index (χ0) is 13.0. The minimum atomic E-state index is -0.0774. The van der Waals surface area contributed by atoms with E-state index in [-0.39, 0.29) is 11.9 Å². The van der Waals surface area contributed by atoms with E-state index in [0.717, 1.165) is 17.0 Å². The summed E-state index contributed by atoms with van der Waals surface area (Å²) in [5.74, 6) is -0.0774. The molecule has 1 saturated carbocycles. The van der Waals surface area contributed by atoms with Crippen LogP contribution in [-0.4, -0.2) is 11.8 Å². The molecule has 1 aromatic rings. The first kappa shape index (κ1) is 13.9. The number of rotatable bonds is 5. The van der Waals surface area contributed by atoms with Gasteiger partial charge in [0.2, 0.25) is 0 Å². The summed E-state index contributed by atoms with van der Waals surface area (Å²) in [5, 5.41) is 3.99. The topological polar surface area (TPSA) is 12.0 Å². The van der Waals surface area contributed by atoms with Crippen LogP contribution in [0.2, 0.25) is 0 Å². The molecule has 1 unspecified atom stereocenters. The average molecular weight is 267 g/mol. The molecule has 1 atom stereocenters. The third-order valence-electron chi connectivity index (χ3n) is 3.55. The summed E-state index contributed by atoms with van der Waals surface area (Å²) in [6, 6.07) is 5.55. The van der Waals surface area contributed by atoms with Crippen molar-refractivity contribution in [2.24, 2.45) is 0 Å². The van der Waals surface area contributed by atoms with E-state index < -0.39 is 0 Å². The van der Waals surface area contributed by atoms with Crippen molar-refractivity contribution in [3.8, 4) is 0 Å². The fourth-order valence-electron chi connectivity index (χ4n) is 2.63. The van der Waals surface area contributed by atoms with Crippen LogP contribution in [0.1, 0.15) is 51.1 Å². The number of benzene rings is 1. The second-order valence-corrected chi connectivity index (χ2v) is 6.30. The van der Waals surface area contributed by atoms with Gasteiger partial charge in [0.25, 0.3) is 0 Å². The van der Waals surface area contributed by atoms with E-state index in [1.807, 2.05) is 24.8 Å². The summed E-state index contributed by atoms with van der Waals surface area (Å²) in [6.45, 7) is 4.96. The normalized spacial score (nSPS) is 18.2. The maximum absolute atomic E-state index is 14.0. The molecular formula is C15H22FNS. The molecule has 1 aromatic carbocycles. The van der Waals surface area contributed by atoms with Crippen molar-refractivity contribution in [3.63, 3.8) is 0 Å². The van der Waals surface area contributed by atoms with Gasteiger partial charge in [0.05, 0.1) is 0 Å². The molecule has 0 amide bonds. The van der Waals surface area contributed by atoms with Crippen LogP contribution in [-0.2, 0) is 0 Å². The summed E-state index contributed by atoms with van der Waals surface area (Å²) in [4.78, 5) is 1.12. The number of hydrogen-bond acceptors (Lipinski definition) is 2. The predicted octanol–water partition coefficient (Wildman–Crippen LogP) is 4.53. The van der Waals surface area contributed by atoms with Crippen LogP contribution in [0.25, 0.3) is 0 Å². The molecule has 1 N–H and O–H groups in total. The Morgan fingerprint density at radius 1 is 1.39 bits per heavy atom. The number of halogens is 1. The largest absolute Gasteiger partial charge is 0.310 e. The maximum Gasteiger partial charge on any atom is 0.129 e. The Labute approximate surface area is 114 Å². The summed E-state index contributed by atoms with van der Waals surface area (Å²) < 4.78 is 14.0. The molecule has 1 aliphatic carbocycles. The molecule has 2 rings (SSSR count). The van der Waals surface area contributed by atoms with Gasteiger partial charge >= 0.3 is 0 Å². The van der Waals surface area contributed by atoms with Gasteiger partial charge in [-0.05, 0) is 38.4 Å². The van der Waals surface area contributed by atoms with Gasteiger partial charge in [-0.15, -0.1) is 11.8 Å². The second kappa shape index (κ2) is 6.58. The monoisotopic (exact) mass is 267 g/mol. The average Bonchev–Trinajstić information content (AvgIpc) is 2.82. The lowest BCUT2D eigenvalue weighted by atomic mass is 10.1. The van der Waals surface area contributed by atoms with E-state index >= 15 is 0 Å². The summed E-state index contributed by atoms with van der Waals surface area (Å²) in [6.07, 6.45) is 5.20. The van der Waals surface area contributed by atoms with Crippen LogP contribution < -0.4 is 5.32 Å². The Morgan fingerprint density at radius 3 is 2.78 bits per heavy atom. The van der Waals surface area contributed by atoms with Crippen LogP contribution in [0.15, 0.2) is 23.1 Å². The highest BCUT2D eigenvalue weighted by Gasteiger charge is 2.21. The summed E-state index contributed by atoms with van der Waals surface area (Å²) >= 11 is 1.87. The van der Waals surface area contributed by atoms with E-state index in [2.05, 4.69) is 18.3 Å². The first-order chi connectivity index (χ1) is 8.72. The molecule has 0 saturated heterocycles. The Kier molecular flexibility index (Phi) is 5.07.